The minimum atomic E-state index is -3.73. The lowest BCUT2D eigenvalue weighted by atomic mass is 9.68. The Bertz CT molecular complexity index is 1450. The van der Waals surface area contributed by atoms with Crippen LogP contribution in [0.5, 0.6) is 11.5 Å². The van der Waals surface area contributed by atoms with Gasteiger partial charge in [-0.3, -0.25) is 9.59 Å². The number of likely N-dealkylation sites (tertiary alicyclic amines) is 1. The summed E-state index contributed by atoms with van der Waals surface area (Å²) >= 11 is 0. The third-order valence-electron chi connectivity index (χ3n) is 7.29. The standard InChI is InChI=1S/C29H32FN3O6S/c1-18-23(9-4-10-26(18)30)27-24(28(36)19-5-2-7-21(34)13-19)15-33(12-11-32-17-40(31,38)39)16-25(27)29(37)20-6-3-8-22(35)14-20/h2-10,13-14,24-25,27,32,34-35H,11-12,15-17H2,1H3,(H2,31,38,39)/t24-,25-/m0/s1. The fourth-order valence-corrected chi connectivity index (χ4v) is 5.86. The molecule has 0 aliphatic carbocycles. The molecule has 1 heterocycles. The van der Waals surface area contributed by atoms with Gasteiger partial charge in [0, 0.05) is 55.1 Å². The van der Waals surface area contributed by atoms with Crippen LogP contribution < -0.4 is 10.5 Å². The molecule has 9 nitrogen and oxygen atoms in total. The molecule has 0 saturated carbocycles. The van der Waals surface area contributed by atoms with E-state index in [2.05, 4.69) is 5.32 Å². The lowest BCUT2D eigenvalue weighted by Crippen LogP contribution is -2.52. The highest BCUT2D eigenvalue weighted by Crippen LogP contribution is 2.42. The topological polar surface area (TPSA) is 150 Å². The molecular formula is C29H32FN3O6S. The molecule has 5 N–H and O–H groups in total. The van der Waals surface area contributed by atoms with Gasteiger partial charge in [0.25, 0.3) is 0 Å². The number of primary sulfonamides is 1. The van der Waals surface area contributed by atoms with Crippen LogP contribution in [0.3, 0.4) is 0 Å². The maximum absolute atomic E-state index is 14.8. The summed E-state index contributed by atoms with van der Waals surface area (Å²) in [7, 11) is -3.73. The van der Waals surface area contributed by atoms with Crippen molar-refractivity contribution in [3.63, 3.8) is 0 Å². The molecule has 0 unspecified atom stereocenters. The molecule has 0 aromatic heterocycles. The minimum Gasteiger partial charge on any atom is -0.508 e. The number of sulfonamides is 1. The first-order valence-electron chi connectivity index (χ1n) is 12.8. The van der Waals surface area contributed by atoms with Crippen molar-refractivity contribution in [1.82, 2.24) is 10.2 Å². The summed E-state index contributed by atoms with van der Waals surface area (Å²) in [6.07, 6.45) is 0. The van der Waals surface area contributed by atoms with Crippen LogP contribution in [0, 0.1) is 24.6 Å². The van der Waals surface area contributed by atoms with E-state index in [-0.39, 0.29) is 53.8 Å². The van der Waals surface area contributed by atoms with Crippen LogP contribution in [-0.4, -0.2) is 67.2 Å². The number of ketones is 2. The molecule has 0 bridgehead atoms. The number of nitrogens with one attached hydrogen (secondary N) is 1. The summed E-state index contributed by atoms with van der Waals surface area (Å²) in [5, 5.41) is 27.9. The van der Waals surface area contributed by atoms with E-state index in [1.54, 1.807) is 43.3 Å². The van der Waals surface area contributed by atoms with E-state index in [0.717, 1.165) is 0 Å². The van der Waals surface area contributed by atoms with Crippen LogP contribution in [0.15, 0.2) is 66.7 Å². The van der Waals surface area contributed by atoms with Crippen molar-refractivity contribution in [2.24, 2.45) is 17.0 Å². The maximum atomic E-state index is 14.8. The van der Waals surface area contributed by atoms with Gasteiger partial charge in [0.2, 0.25) is 10.0 Å². The summed E-state index contributed by atoms with van der Waals surface area (Å²) in [6.45, 7) is 2.55. The van der Waals surface area contributed by atoms with Gasteiger partial charge in [-0.2, -0.15) is 0 Å². The van der Waals surface area contributed by atoms with Crippen LogP contribution in [0.25, 0.3) is 0 Å². The number of Topliss-reactive ketones (excluding diaryl/α,β-unsaturated/α-hetero) is 2. The van der Waals surface area contributed by atoms with Crippen molar-refractivity contribution in [1.29, 1.82) is 0 Å². The van der Waals surface area contributed by atoms with E-state index in [1.165, 1.54) is 30.3 Å². The predicted molar refractivity (Wildman–Crippen MR) is 148 cm³/mol. The summed E-state index contributed by atoms with van der Waals surface area (Å²) in [5.41, 5.74) is 1.37. The van der Waals surface area contributed by atoms with Gasteiger partial charge in [0.1, 0.15) is 23.2 Å². The Labute approximate surface area is 232 Å². The number of piperidine rings is 1. The van der Waals surface area contributed by atoms with Crippen LogP contribution in [-0.2, 0) is 10.0 Å². The number of halogens is 1. The highest BCUT2D eigenvalue weighted by Gasteiger charge is 2.45. The Kier molecular flexibility index (Phi) is 8.99. The fraction of sp³-hybridized carbons (Fsp3) is 0.310. The predicted octanol–water partition coefficient (Wildman–Crippen LogP) is 2.78. The molecule has 1 aliphatic heterocycles. The zero-order chi connectivity index (χ0) is 29.0. The quantitative estimate of drug-likeness (QED) is 0.215. The highest BCUT2D eigenvalue weighted by molar-refractivity contribution is 7.89. The average Bonchev–Trinajstić information content (AvgIpc) is 2.91. The second-order valence-corrected chi connectivity index (χ2v) is 11.7. The number of nitrogens with two attached hydrogens (primary N) is 1. The van der Waals surface area contributed by atoms with Gasteiger partial charge >= 0.3 is 0 Å². The number of carbonyl (C=O) groups is 2. The number of phenols is 2. The van der Waals surface area contributed by atoms with E-state index < -0.39 is 39.5 Å². The van der Waals surface area contributed by atoms with Crippen molar-refractivity contribution in [3.8, 4) is 11.5 Å². The van der Waals surface area contributed by atoms with E-state index in [4.69, 9.17) is 5.14 Å². The Morgan fingerprint density at radius 3 is 1.98 bits per heavy atom. The molecule has 1 fully saturated rings. The van der Waals surface area contributed by atoms with Gasteiger partial charge in [-0.1, -0.05) is 36.4 Å². The molecule has 0 radical (unpaired) electrons. The van der Waals surface area contributed by atoms with E-state index in [0.29, 0.717) is 17.7 Å². The largest absolute Gasteiger partial charge is 0.508 e. The Morgan fingerprint density at radius 1 is 0.950 bits per heavy atom. The van der Waals surface area contributed by atoms with Crippen LogP contribution in [0.4, 0.5) is 4.39 Å². The van der Waals surface area contributed by atoms with Crippen LogP contribution >= 0.6 is 0 Å². The smallest absolute Gasteiger partial charge is 0.222 e. The summed E-state index contributed by atoms with van der Waals surface area (Å²) in [4.78, 5) is 29.9. The van der Waals surface area contributed by atoms with Gasteiger partial charge in [-0.05, 0) is 48.4 Å². The minimum absolute atomic E-state index is 0.0865. The van der Waals surface area contributed by atoms with Gasteiger partial charge in [0.05, 0.1) is 0 Å². The number of benzene rings is 3. The van der Waals surface area contributed by atoms with Gasteiger partial charge in [0.15, 0.2) is 11.6 Å². The van der Waals surface area contributed by atoms with Crippen molar-refractivity contribution < 1.29 is 32.6 Å². The van der Waals surface area contributed by atoms with Gasteiger partial charge in [-0.15, -0.1) is 0 Å². The molecule has 1 aliphatic rings. The van der Waals surface area contributed by atoms with Gasteiger partial charge in [-0.25, -0.2) is 17.9 Å². The third-order valence-corrected chi connectivity index (χ3v) is 7.89. The third kappa shape index (κ3) is 6.92. The summed E-state index contributed by atoms with van der Waals surface area (Å²) in [6, 6.07) is 16.5. The molecule has 1 saturated heterocycles. The SMILES string of the molecule is Cc1c(F)cccc1C1[C@@H](C(=O)c2cccc(O)c2)CN(CCNCS(N)(=O)=O)C[C@@H]1C(=O)c1cccc(O)c1. The van der Waals surface area contributed by atoms with Crippen LogP contribution in [0.1, 0.15) is 37.8 Å². The zero-order valence-corrected chi connectivity index (χ0v) is 22.8. The average molecular weight is 570 g/mol. The van der Waals surface area contributed by atoms with E-state index >= 15 is 0 Å². The highest BCUT2D eigenvalue weighted by atomic mass is 32.2. The van der Waals surface area contributed by atoms with Crippen molar-refractivity contribution in [3.05, 3.63) is 94.8 Å². The Morgan fingerprint density at radius 2 is 1.48 bits per heavy atom. The Hall–Kier alpha value is -3.64. The lowest BCUT2D eigenvalue weighted by Gasteiger charge is -2.43. The number of phenolic OH excluding ortho intramolecular Hbond substituents is 2. The molecular weight excluding hydrogens is 537 g/mol. The van der Waals surface area contributed by atoms with E-state index in [9.17, 15) is 32.6 Å². The molecule has 3 aromatic carbocycles. The first-order valence-corrected chi connectivity index (χ1v) is 14.5. The number of carbonyl (C=O) groups excluding carboxylic acids is 2. The molecule has 40 heavy (non-hydrogen) atoms. The molecule has 2 atom stereocenters. The van der Waals surface area contributed by atoms with Crippen molar-refractivity contribution in [2.45, 2.75) is 12.8 Å². The second-order valence-electron chi connectivity index (χ2n) is 10.1. The summed E-state index contributed by atoms with van der Waals surface area (Å²) < 4.78 is 37.5. The normalized spacial score (nSPS) is 18.5. The van der Waals surface area contributed by atoms with Crippen molar-refractivity contribution >= 4 is 21.6 Å². The number of hydrogen-bond donors (Lipinski definition) is 4. The molecule has 11 heteroatoms. The first kappa shape index (κ1) is 29.3. The summed E-state index contributed by atoms with van der Waals surface area (Å²) in [5.74, 6) is -4.02. The number of aromatic hydroxyl groups is 2. The molecule has 4 rings (SSSR count). The monoisotopic (exact) mass is 569 g/mol. The Balaban J connectivity index is 1.78. The molecule has 3 aromatic rings. The fourth-order valence-electron chi connectivity index (χ4n) is 5.43. The second kappa shape index (κ2) is 12.3. The molecule has 0 spiro atoms. The van der Waals surface area contributed by atoms with Crippen LogP contribution in [0.2, 0.25) is 0 Å². The first-order chi connectivity index (χ1) is 18.9. The maximum Gasteiger partial charge on any atom is 0.222 e. The van der Waals surface area contributed by atoms with Gasteiger partial charge < -0.3 is 20.4 Å². The van der Waals surface area contributed by atoms with E-state index in [1.807, 2.05) is 4.90 Å². The lowest BCUT2D eigenvalue weighted by molar-refractivity contribution is 0.0574. The molecule has 0 amide bonds. The number of rotatable bonds is 10. The number of nitrogens with zero attached hydrogens (tertiary/aromatic N) is 1. The molecule has 212 valence electrons. The number of hydrogen-bond acceptors (Lipinski definition) is 8. The zero-order valence-electron chi connectivity index (χ0n) is 22.0. The van der Waals surface area contributed by atoms with Crippen molar-refractivity contribution in [2.75, 3.05) is 32.1 Å².